The van der Waals surface area contributed by atoms with Crippen LogP contribution in [-0.4, -0.2) is 52.4 Å². The Morgan fingerprint density at radius 1 is 1.11 bits per heavy atom. The minimum atomic E-state index is -3.88. The van der Waals surface area contributed by atoms with Gasteiger partial charge >= 0.3 is 0 Å². The summed E-state index contributed by atoms with van der Waals surface area (Å²) in [6.07, 6.45) is 0. The number of amides is 1. The van der Waals surface area contributed by atoms with Crippen LogP contribution in [0.1, 0.15) is 11.4 Å². The van der Waals surface area contributed by atoms with Gasteiger partial charge in [0.05, 0.1) is 39.3 Å². The number of hydrogen-bond acceptors (Lipinski definition) is 7. The molecule has 148 valence electrons. The number of sulfonamides is 1. The summed E-state index contributed by atoms with van der Waals surface area (Å²) in [5, 5.41) is 9.03. The lowest BCUT2D eigenvalue weighted by molar-refractivity contribution is -0.115. The molecule has 10 nitrogen and oxygen atoms in total. The van der Waals surface area contributed by atoms with Crippen molar-refractivity contribution in [1.82, 2.24) is 14.9 Å². The predicted octanol–water partition coefficient (Wildman–Crippen LogP) is 0.969. The SMILES string of the molecule is COc1cc(NC(=O)CNS(=O)(=O)c2c(C)n[nH]c2C)cc(OC)c1OC. The predicted molar refractivity (Wildman–Crippen MR) is 98.0 cm³/mol. The summed E-state index contributed by atoms with van der Waals surface area (Å²) in [5.74, 6) is 0.533. The molecule has 11 heteroatoms. The molecule has 0 saturated heterocycles. The summed E-state index contributed by atoms with van der Waals surface area (Å²) in [6, 6.07) is 3.08. The zero-order valence-electron chi connectivity index (χ0n) is 15.7. The van der Waals surface area contributed by atoms with Gasteiger partial charge in [0, 0.05) is 17.8 Å². The van der Waals surface area contributed by atoms with Gasteiger partial charge in [0.25, 0.3) is 0 Å². The molecular formula is C16H22N4O6S. The maximum atomic E-state index is 12.4. The summed E-state index contributed by atoms with van der Waals surface area (Å²) in [6.45, 7) is 2.70. The molecule has 2 rings (SSSR count). The van der Waals surface area contributed by atoms with Crippen molar-refractivity contribution in [2.75, 3.05) is 33.2 Å². The van der Waals surface area contributed by atoms with Crippen LogP contribution in [0, 0.1) is 13.8 Å². The number of aromatic amines is 1. The number of methoxy groups -OCH3 is 3. The van der Waals surface area contributed by atoms with Crippen LogP contribution in [0.5, 0.6) is 17.2 Å². The van der Waals surface area contributed by atoms with E-state index < -0.39 is 22.5 Å². The van der Waals surface area contributed by atoms with Crippen molar-refractivity contribution in [3.05, 3.63) is 23.5 Å². The van der Waals surface area contributed by atoms with Crippen LogP contribution in [0.15, 0.2) is 17.0 Å². The van der Waals surface area contributed by atoms with Gasteiger partial charge in [0.2, 0.25) is 21.7 Å². The molecule has 0 unspecified atom stereocenters. The number of ether oxygens (including phenoxy) is 3. The molecule has 0 aliphatic carbocycles. The van der Waals surface area contributed by atoms with E-state index in [4.69, 9.17) is 14.2 Å². The molecule has 3 N–H and O–H groups in total. The summed E-state index contributed by atoms with van der Waals surface area (Å²) in [7, 11) is 0.492. The first-order chi connectivity index (χ1) is 12.7. The molecule has 1 aromatic heterocycles. The molecular weight excluding hydrogens is 376 g/mol. The maximum absolute atomic E-state index is 12.4. The first kappa shape index (κ1) is 20.5. The Kier molecular flexibility index (Phi) is 6.28. The van der Waals surface area contributed by atoms with E-state index >= 15 is 0 Å². The molecule has 1 aromatic carbocycles. The van der Waals surface area contributed by atoms with Crippen molar-refractivity contribution >= 4 is 21.6 Å². The van der Waals surface area contributed by atoms with Crippen molar-refractivity contribution in [1.29, 1.82) is 0 Å². The van der Waals surface area contributed by atoms with Gasteiger partial charge in [-0.1, -0.05) is 0 Å². The Hall–Kier alpha value is -2.79. The average Bonchev–Trinajstić information content (AvgIpc) is 2.98. The Balaban J connectivity index is 2.12. The largest absolute Gasteiger partial charge is 0.493 e. The highest BCUT2D eigenvalue weighted by Crippen LogP contribution is 2.39. The molecule has 2 aromatic rings. The summed E-state index contributed by atoms with van der Waals surface area (Å²) >= 11 is 0. The first-order valence-corrected chi connectivity index (χ1v) is 9.33. The average molecular weight is 398 g/mol. The van der Waals surface area contributed by atoms with Crippen LogP contribution in [0.3, 0.4) is 0 Å². The fourth-order valence-electron chi connectivity index (χ4n) is 2.53. The number of carbonyl (C=O) groups excluding carboxylic acids is 1. The highest BCUT2D eigenvalue weighted by atomic mass is 32.2. The third kappa shape index (κ3) is 4.49. The van der Waals surface area contributed by atoms with E-state index in [0.29, 0.717) is 34.3 Å². The number of nitrogens with one attached hydrogen (secondary N) is 3. The monoisotopic (exact) mass is 398 g/mol. The second-order valence-electron chi connectivity index (χ2n) is 5.55. The number of anilines is 1. The molecule has 0 bridgehead atoms. The van der Waals surface area contributed by atoms with Crippen molar-refractivity contribution in [2.24, 2.45) is 0 Å². The van der Waals surface area contributed by atoms with Crippen LogP contribution < -0.4 is 24.2 Å². The number of nitrogens with zero attached hydrogens (tertiary/aromatic N) is 1. The first-order valence-electron chi connectivity index (χ1n) is 7.84. The highest BCUT2D eigenvalue weighted by Gasteiger charge is 2.23. The number of rotatable bonds is 8. The van der Waals surface area contributed by atoms with Crippen LogP contribution >= 0.6 is 0 Å². The number of benzene rings is 1. The molecule has 1 heterocycles. The number of hydrogen-bond donors (Lipinski definition) is 3. The second-order valence-corrected chi connectivity index (χ2v) is 7.25. The minimum Gasteiger partial charge on any atom is -0.493 e. The summed E-state index contributed by atoms with van der Waals surface area (Å²) in [4.78, 5) is 12.2. The molecule has 0 fully saturated rings. The van der Waals surface area contributed by atoms with Gasteiger partial charge in [0.1, 0.15) is 4.90 Å². The standard InChI is InChI=1S/C16H22N4O6S/c1-9-16(10(2)20-19-9)27(22,23)17-8-14(21)18-11-6-12(24-3)15(26-5)13(7-11)25-4/h6-7,17H,8H2,1-5H3,(H,18,21)(H,19,20). The molecule has 0 radical (unpaired) electrons. The van der Waals surface area contributed by atoms with Crippen molar-refractivity contribution < 1.29 is 27.4 Å². The maximum Gasteiger partial charge on any atom is 0.244 e. The van der Waals surface area contributed by atoms with Crippen LogP contribution in [0.2, 0.25) is 0 Å². The lowest BCUT2D eigenvalue weighted by atomic mass is 10.2. The van der Waals surface area contributed by atoms with E-state index in [-0.39, 0.29) is 4.90 Å². The Labute approximate surface area is 157 Å². The summed E-state index contributed by atoms with van der Waals surface area (Å²) < 4.78 is 42.6. The molecule has 27 heavy (non-hydrogen) atoms. The Bertz CT molecular complexity index is 894. The zero-order valence-corrected chi connectivity index (χ0v) is 16.5. The van der Waals surface area contributed by atoms with E-state index in [9.17, 15) is 13.2 Å². The number of carbonyl (C=O) groups is 1. The quantitative estimate of drug-likeness (QED) is 0.604. The van der Waals surface area contributed by atoms with Crippen molar-refractivity contribution in [2.45, 2.75) is 18.7 Å². The number of aromatic nitrogens is 2. The lowest BCUT2D eigenvalue weighted by Crippen LogP contribution is -2.33. The van der Waals surface area contributed by atoms with Crippen LogP contribution in [0.4, 0.5) is 5.69 Å². The van der Waals surface area contributed by atoms with Crippen LogP contribution in [-0.2, 0) is 14.8 Å². The smallest absolute Gasteiger partial charge is 0.244 e. The van der Waals surface area contributed by atoms with Gasteiger partial charge in [-0.15, -0.1) is 0 Å². The number of H-pyrrole nitrogens is 1. The van der Waals surface area contributed by atoms with Gasteiger partial charge < -0.3 is 19.5 Å². The van der Waals surface area contributed by atoms with E-state index in [1.807, 2.05) is 0 Å². The fourth-order valence-corrected chi connectivity index (χ4v) is 3.88. The molecule has 0 saturated carbocycles. The van der Waals surface area contributed by atoms with Crippen molar-refractivity contribution in [3.63, 3.8) is 0 Å². The Morgan fingerprint density at radius 2 is 1.70 bits per heavy atom. The van der Waals surface area contributed by atoms with Crippen molar-refractivity contribution in [3.8, 4) is 17.2 Å². The van der Waals surface area contributed by atoms with Gasteiger partial charge in [-0.25, -0.2) is 13.1 Å². The van der Waals surface area contributed by atoms with Gasteiger partial charge in [-0.05, 0) is 13.8 Å². The molecule has 1 amide bonds. The molecule has 0 aliphatic rings. The van der Waals surface area contributed by atoms with E-state index in [1.54, 1.807) is 13.8 Å². The number of aryl methyl sites for hydroxylation is 2. The third-order valence-electron chi connectivity index (χ3n) is 3.70. The normalized spacial score (nSPS) is 11.1. The molecule has 0 atom stereocenters. The third-order valence-corrected chi connectivity index (χ3v) is 5.36. The van der Waals surface area contributed by atoms with Crippen LogP contribution in [0.25, 0.3) is 0 Å². The van der Waals surface area contributed by atoms with Gasteiger partial charge in [0.15, 0.2) is 11.5 Å². The van der Waals surface area contributed by atoms with E-state index in [2.05, 4.69) is 20.2 Å². The zero-order chi connectivity index (χ0) is 20.2. The molecule has 0 spiro atoms. The lowest BCUT2D eigenvalue weighted by Gasteiger charge is -2.14. The fraction of sp³-hybridized carbons (Fsp3) is 0.375. The highest BCUT2D eigenvalue weighted by molar-refractivity contribution is 7.89. The van der Waals surface area contributed by atoms with E-state index in [1.165, 1.54) is 33.5 Å². The Morgan fingerprint density at radius 3 is 2.15 bits per heavy atom. The summed E-state index contributed by atoms with van der Waals surface area (Å²) in [5.41, 5.74) is 1.08. The van der Waals surface area contributed by atoms with Gasteiger partial charge in [-0.2, -0.15) is 5.10 Å². The van der Waals surface area contributed by atoms with E-state index in [0.717, 1.165) is 0 Å². The topological polar surface area (TPSA) is 132 Å². The molecule has 0 aliphatic heterocycles. The second kappa shape index (κ2) is 8.27. The van der Waals surface area contributed by atoms with Gasteiger partial charge in [-0.3, -0.25) is 9.89 Å². The minimum absolute atomic E-state index is 0.0306.